The Bertz CT molecular complexity index is 953. The molecule has 1 N–H and O–H groups in total. The fourth-order valence-electron chi connectivity index (χ4n) is 4.29. The molecular formula is C19H24N6O. The van der Waals surface area contributed by atoms with Crippen LogP contribution in [0.3, 0.4) is 0 Å². The van der Waals surface area contributed by atoms with E-state index in [0.29, 0.717) is 17.8 Å². The first-order valence-electron chi connectivity index (χ1n) is 9.68. The van der Waals surface area contributed by atoms with E-state index in [1.165, 1.54) is 19.3 Å². The molecule has 0 spiro atoms. The number of aromatic nitrogens is 5. The second-order valence-corrected chi connectivity index (χ2v) is 7.65. The lowest BCUT2D eigenvalue weighted by molar-refractivity contribution is 0.0751. The molecule has 0 bridgehead atoms. The minimum atomic E-state index is 0.321. The minimum Gasteiger partial charge on any atom is -0.396 e. The Morgan fingerprint density at radius 3 is 3.04 bits per heavy atom. The van der Waals surface area contributed by atoms with Gasteiger partial charge in [0.05, 0.1) is 17.4 Å². The predicted molar refractivity (Wildman–Crippen MR) is 99.1 cm³/mol. The third-order valence-electron chi connectivity index (χ3n) is 6.07. The molecule has 2 aliphatic carbocycles. The molecule has 0 saturated heterocycles. The van der Waals surface area contributed by atoms with Crippen molar-refractivity contribution in [3.05, 3.63) is 24.3 Å². The molecule has 0 amide bonds. The molecular weight excluding hydrogens is 328 g/mol. The topological polar surface area (TPSA) is 80.5 Å². The third kappa shape index (κ3) is 2.57. The van der Waals surface area contributed by atoms with E-state index in [1.807, 2.05) is 12.3 Å². The standard InChI is InChI=1S/C19H24N6O/c1-2-13-8-14(24-26-11-12-4-3-5-12)9-15(13)19-23-22-17-10-21-18-16(25(17)19)6-7-20-18/h6-7,10,12-13,15,20H,2-5,8-9,11H2,1H3/t13-,15+/m1/s1. The van der Waals surface area contributed by atoms with E-state index < -0.39 is 0 Å². The first kappa shape index (κ1) is 15.8. The molecule has 3 heterocycles. The molecule has 26 heavy (non-hydrogen) atoms. The molecule has 0 unspecified atom stereocenters. The van der Waals surface area contributed by atoms with E-state index in [0.717, 1.165) is 54.2 Å². The van der Waals surface area contributed by atoms with Crippen molar-refractivity contribution in [3.8, 4) is 0 Å². The number of aromatic amines is 1. The number of nitrogens with zero attached hydrogens (tertiary/aromatic N) is 5. The van der Waals surface area contributed by atoms with Gasteiger partial charge in [-0.3, -0.25) is 4.40 Å². The Balaban J connectivity index is 1.44. The van der Waals surface area contributed by atoms with Gasteiger partial charge in [-0.05, 0) is 43.6 Å². The molecule has 7 nitrogen and oxygen atoms in total. The average molecular weight is 352 g/mol. The second kappa shape index (κ2) is 6.37. The Morgan fingerprint density at radius 2 is 2.23 bits per heavy atom. The Hall–Kier alpha value is -2.44. The van der Waals surface area contributed by atoms with E-state index in [-0.39, 0.29) is 0 Å². The zero-order chi connectivity index (χ0) is 17.5. The van der Waals surface area contributed by atoms with Gasteiger partial charge in [-0.25, -0.2) is 4.98 Å². The van der Waals surface area contributed by atoms with Gasteiger partial charge in [0.2, 0.25) is 0 Å². The molecule has 0 aliphatic heterocycles. The van der Waals surface area contributed by atoms with Crippen LogP contribution < -0.4 is 0 Å². The number of hydrogen-bond donors (Lipinski definition) is 1. The number of rotatable bonds is 5. The Kier molecular flexibility index (Phi) is 3.87. The van der Waals surface area contributed by atoms with Crippen LogP contribution in [0.5, 0.6) is 0 Å². The second-order valence-electron chi connectivity index (χ2n) is 7.65. The van der Waals surface area contributed by atoms with Crippen LogP contribution >= 0.6 is 0 Å². The smallest absolute Gasteiger partial charge is 0.179 e. The molecule has 2 atom stereocenters. The Labute approximate surface area is 151 Å². The van der Waals surface area contributed by atoms with Gasteiger partial charge >= 0.3 is 0 Å². The van der Waals surface area contributed by atoms with Crippen molar-refractivity contribution in [2.75, 3.05) is 6.61 Å². The molecule has 7 heteroatoms. The zero-order valence-electron chi connectivity index (χ0n) is 15.1. The van der Waals surface area contributed by atoms with Crippen molar-refractivity contribution < 1.29 is 4.84 Å². The molecule has 5 rings (SSSR count). The summed E-state index contributed by atoms with van der Waals surface area (Å²) in [6.07, 6.45) is 10.6. The summed E-state index contributed by atoms with van der Waals surface area (Å²) in [6, 6.07) is 2.04. The predicted octanol–water partition coefficient (Wildman–Crippen LogP) is 3.68. The largest absolute Gasteiger partial charge is 0.396 e. The van der Waals surface area contributed by atoms with E-state index in [9.17, 15) is 0 Å². The van der Waals surface area contributed by atoms with Gasteiger partial charge in [-0.2, -0.15) is 0 Å². The normalized spacial score (nSPS) is 25.3. The summed E-state index contributed by atoms with van der Waals surface area (Å²) >= 11 is 0. The highest BCUT2D eigenvalue weighted by Crippen LogP contribution is 2.40. The fraction of sp³-hybridized carbons (Fsp3) is 0.579. The summed E-state index contributed by atoms with van der Waals surface area (Å²) in [5.74, 6) is 2.58. The summed E-state index contributed by atoms with van der Waals surface area (Å²) < 4.78 is 2.14. The van der Waals surface area contributed by atoms with Crippen molar-refractivity contribution in [2.24, 2.45) is 17.0 Å². The van der Waals surface area contributed by atoms with Crippen molar-refractivity contribution in [2.45, 2.75) is 51.4 Å². The number of oxime groups is 1. The van der Waals surface area contributed by atoms with Gasteiger partial charge < -0.3 is 9.82 Å². The van der Waals surface area contributed by atoms with E-state index in [4.69, 9.17) is 4.84 Å². The summed E-state index contributed by atoms with van der Waals surface area (Å²) in [6.45, 7) is 3.01. The van der Waals surface area contributed by atoms with Crippen LogP contribution in [0.2, 0.25) is 0 Å². The van der Waals surface area contributed by atoms with Gasteiger partial charge in [0, 0.05) is 12.1 Å². The first-order chi connectivity index (χ1) is 12.8. The monoisotopic (exact) mass is 352 g/mol. The van der Waals surface area contributed by atoms with Crippen molar-refractivity contribution >= 4 is 22.5 Å². The van der Waals surface area contributed by atoms with Crippen LogP contribution in [0.25, 0.3) is 16.8 Å². The molecule has 2 aliphatic rings. The summed E-state index contributed by atoms with van der Waals surface area (Å²) in [5.41, 5.74) is 3.86. The highest BCUT2D eigenvalue weighted by molar-refractivity contribution is 5.87. The molecule has 0 radical (unpaired) electrons. The zero-order valence-corrected chi connectivity index (χ0v) is 15.1. The fourth-order valence-corrected chi connectivity index (χ4v) is 4.29. The number of fused-ring (bicyclic) bond motifs is 3. The van der Waals surface area contributed by atoms with Gasteiger partial charge in [-0.1, -0.05) is 24.9 Å². The SMILES string of the molecule is CC[C@@H]1CC(=NOCC2CCC2)C[C@@H]1c1nnc2cnc3[nH]ccc3n12. The molecule has 2 saturated carbocycles. The van der Waals surface area contributed by atoms with Crippen molar-refractivity contribution in [1.82, 2.24) is 24.6 Å². The number of hydrogen-bond acceptors (Lipinski definition) is 5. The molecule has 136 valence electrons. The van der Waals surface area contributed by atoms with Crippen LogP contribution in [0, 0.1) is 11.8 Å². The average Bonchev–Trinajstić information content (AvgIpc) is 3.32. The maximum Gasteiger partial charge on any atom is 0.179 e. The molecule has 2 fully saturated rings. The molecule has 3 aromatic rings. The summed E-state index contributed by atoms with van der Waals surface area (Å²) in [7, 11) is 0. The lowest BCUT2D eigenvalue weighted by Gasteiger charge is -2.23. The maximum atomic E-state index is 5.66. The third-order valence-corrected chi connectivity index (χ3v) is 6.07. The molecule has 3 aromatic heterocycles. The highest BCUT2D eigenvalue weighted by Gasteiger charge is 2.35. The lowest BCUT2D eigenvalue weighted by Crippen LogP contribution is -2.16. The van der Waals surface area contributed by atoms with Crippen molar-refractivity contribution in [1.29, 1.82) is 0 Å². The van der Waals surface area contributed by atoms with Crippen LogP contribution in [-0.2, 0) is 4.84 Å². The van der Waals surface area contributed by atoms with E-state index >= 15 is 0 Å². The van der Waals surface area contributed by atoms with Gasteiger partial charge in [0.25, 0.3) is 0 Å². The highest BCUT2D eigenvalue weighted by atomic mass is 16.6. The first-order valence-corrected chi connectivity index (χ1v) is 9.68. The summed E-state index contributed by atoms with van der Waals surface area (Å²) in [4.78, 5) is 13.2. The van der Waals surface area contributed by atoms with Crippen LogP contribution in [0.15, 0.2) is 23.6 Å². The van der Waals surface area contributed by atoms with Crippen LogP contribution in [-0.4, -0.2) is 36.9 Å². The van der Waals surface area contributed by atoms with Crippen LogP contribution in [0.4, 0.5) is 0 Å². The van der Waals surface area contributed by atoms with E-state index in [2.05, 4.69) is 36.6 Å². The van der Waals surface area contributed by atoms with Gasteiger partial charge in [-0.15, -0.1) is 10.2 Å². The van der Waals surface area contributed by atoms with E-state index in [1.54, 1.807) is 6.20 Å². The number of H-pyrrole nitrogens is 1. The maximum absolute atomic E-state index is 5.66. The van der Waals surface area contributed by atoms with Crippen molar-refractivity contribution in [3.63, 3.8) is 0 Å². The minimum absolute atomic E-state index is 0.321. The lowest BCUT2D eigenvalue weighted by atomic mass is 9.86. The van der Waals surface area contributed by atoms with Gasteiger partial charge in [0.15, 0.2) is 11.3 Å². The summed E-state index contributed by atoms with van der Waals surface area (Å²) in [5, 5.41) is 13.4. The quantitative estimate of drug-likeness (QED) is 0.710. The van der Waals surface area contributed by atoms with Gasteiger partial charge in [0.1, 0.15) is 12.4 Å². The Morgan fingerprint density at radius 1 is 1.31 bits per heavy atom. The number of nitrogens with one attached hydrogen (secondary N) is 1. The molecule has 0 aromatic carbocycles. The van der Waals surface area contributed by atoms with Crippen LogP contribution in [0.1, 0.15) is 57.2 Å².